The van der Waals surface area contributed by atoms with Crippen LogP contribution in [0, 0.1) is 5.92 Å². The second-order valence-electron chi connectivity index (χ2n) is 2.87. The molecule has 0 nitrogen and oxygen atoms in total. The van der Waals surface area contributed by atoms with E-state index in [0.29, 0.717) is 10.9 Å². The van der Waals surface area contributed by atoms with Crippen molar-refractivity contribution >= 4 is 10.9 Å². The third-order valence-electron chi connectivity index (χ3n) is 1.10. The van der Waals surface area contributed by atoms with E-state index in [0.717, 1.165) is 5.92 Å². The van der Waals surface area contributed by atoms with Crippen LogP contribution in [0.25, 0.3) is 0 Å². The molecule has 1 heteroatoms. The van der Waals surface area contributed by atoms with Gasteiger partial charge in [0.2, 0.25) is 0 Å². The first-order valence-electron chi connectivity index (χ1n) is 3.17. The van der Waals surface area contributed by atoms with Crippen molar-refractivity contribution in [1.82, 2.24) is 0 Å². The van der Waals surface area contributed by atoms with E-state index in [4.69, 9.17) is 0 Å². The standard InChI is InChI=1S/C7H17S/c1-7(2)5-6-8(3)4/h7H,5-6H2,1-4H3/q+1. The van der Waals surface area contributed by atoms with Crippen molar-refractivity contribution in [2.45, 2.75) is 20.3 Å². The largest absolute Gasteiger partial charge is 0.107 e. The van der Waals surface area contributed by atoms with Crippen molar-refractivity contribution in [2.75, 3.05) is 18.3 Å². The lowest BCUT2D eigenvalue weighted by Gasteiger charge is -1.99. The van der Waals surface area contributed by atoms with Crippen LogP contribution in [0.1, 0.15) is 20.3 Å². The van der Waals surface area contributed by atoms with Crippen molar-refractivity contribution < 1.29 is 0 Å². The van der Waals surface area contributed by atoms with E-state index in [1.165, 1.54) is 12.2 Å². The lowest BCUT2D eigenvalue weighted by Crippen LogP contribution is -2.04. The van der Waals surface area contributed by atoms with Gasteiger partial charge in [0.1, 0.15) is 5.75 Å². The Labute approximate surface area is 56.0 Å². The molecule has 8 heavy (non-hydrogen) atoms. The van der Waals surface area contributed by atoms with Crippen LogP contribution in [0.5, 0.6) is 0 Å². The molecule has 0 saturated carbocycles. The van der Waals surface area contributed by atoms with Gasteiger partial charge in [-0.05, 0) is 23.2 Å². The zero-order valence-corrected chi connectivity index (χ0v) is 7.22. The predicted molar refractivity (Wildman–Crippen MR) is 43.5 cm³/mol. The predicted octanol–water partition coefficient (Wildman–Crippen LogP) is 1.91. The maximum Gasteiger partial charge on any atom is 0.107 e. The van der Waals surface area contributed by atoms with Crippen LogP contribution in [0.15, 0.2) is 0 Å². The minimum atomic E-state index is 0.664. The van der Waals surface area contributed by atoms with E-state index < -0.39 is 0 Å². The molecule has 50 valence electrons. The summed E-state index contributed by atoms with van der Waals surface area (Å²) in [6.07, 6.45) is 6.01. The van der Waals surface area contributed by atoms with Gasteiger partial charge in [-0.2, -0.15) is 0 Å². The first kappa shape index (κ1) is 8.35. The number of hydrogen-bond acceptors (Lipinski definition) is 0. The molecule has 0 aliphatic rings. The zero-order chi connectivity index (χ0) is 6.57. The maximum atomic E-state index is 2.31. The maximum absolute atomic E-state index is 2.31. The van der Waals surface area contributed by atoms with E-state index >= 15 is 0 Å². The lowest BCUT2D eigenvalue weighted by molar-refractivity contribution is 0.631. The molecule has 0 saturated heterocycles. The molecule has 0 spiro atoms. The van der Waals surface area contributed by atoms with Crippen molar-refractivity contribution in [3.05, 3.63) is 0 Å². The van der Waals surface area contributed by atoms with Gasteiger partial charge in [0.25, 0.3) is 0 Å². The van der Waals surface area contributed by atoms with Gasteiger partial charge in [0.15, 0.2) is 0 Å². The molecule has 0 unspecified atom stereocenters. The van der Waals surface area contributed by atoms with Crippen molar-refractivity contribution in [3.8, 4) is 0 Å². The average molecular weight is 133 g/mol. The fraction of sp³-hybridized carbons (Fsp3) is 1.00. The van der Waals surface area contributed by atoms with Gasteiger partial charge in [0, 0.05) is 0 Å². The molecule has 0 atom stereocenters. The minimum Gasteiger partial charge on any atom is -0.0626 e. The molecule has 0 bridgehead atoms. The summed E-state index contributed by atoms with van der Waals surface area (Å²) >= 11 is 0. The molecule has 0 amide bonds. The molecule has 0 aromatic heterocycles. The van der Waals surface area contributed by atoms with Crippen LogP contribution in [0.2, 0.25) is 0 Å². The Hall–Kier alpha value is 0.350. The Morgan fingerprint density at radius 3 is 1.88 bits per heavy atom. The third-order valence-corrected chi connectivity index (χ3v) is 2.16. The molecule has 0 aromatic rings. The van der Waals surface area contributed by atoms with Crippen molar-refractivity contribution in [2.24, 2.45) is 5.92 Å². The van der Waals surface area contributed by atoms with Crippen LogP contribution >= 0.6 is 0 Å². The van der Waals surface area contributed by atoms with Crippen LogP contribution in [-0.2, 0) is 10.9 Å². The van der Waals surface area contributed by atoms with Gasteiger partial charge in [-0.1, -0.05) is 13.8 Å². The highest BCUT2D eigenvalue weighted by molar-refractivity contribution is 7.95. The van der Waals surface area contributed by atoms with E-state index in [-0.39, 0.29) is 0 Å². The Morgan fingerprint density at radius 1 is 1.25 bits per heavy atom. The first-order valence-corrected chi connectivity index (χ1v) is 5.38. The Morgan fingerprint density at radius 2 is 1.75 bits per heavy atom. The summed E-state index contributed by atoms with van der Waals surface area (Å²) in [5, 5.41) is 0. The van der Waals surface area contributed by atoms with E-state index in [2.05, 4.69) is 26.4 Å². The van der Waals surface area contributed by atoms with Crippen molar-refractivity contribution in [1.29, 1.82) is 0 Å². The highest BCUT2D eigenvalue weighted by Crippen LogP contribution is 2.00. The van der Waals surface area contributed by atoms with Crippen LogP contribution in [0.3, 0.4) is 0 Å². The smallest absolute Gasteiger partial charge is 0.0626 e. The molecule has 0 rings (SSSR count). The topological polar surface area (TPSA) is 0 Å². The fourth-order valence-electron chi connectivity index (χ4n) is 0.471. The molecule has 0 aliphatic carbocycles. The monoisotopic (exact) mass is 133 g/mol. The third kappa shape index (κ3) is 6.35. The molecule has 0 aromatic carbocycles. The minimum absolute atomic E-state index is 0.664. The van der Waals surface area contributed by atoms with Gasteiger partial charge in [-0.3, -0.25) is 0 Å². The van der Waals surface area contributed by atoms with Crippen molar-refractivity contribution in [3.63, 3.8) is 0 Å². The van der Waals surface area contributed by atoms with E-state index in [1.54, 1.807) is 0 Å². The molecule has 0 aliphatic heterocycles. The zero-order valence-electron chi connectivity index (χ0n) is 6.40. The second-order valence-corrected chi connectivity index (χ2v) is 5.25. The Balaban J connectivity index is 2.93. The molecular weight excluding hydrogens is 116 g/mol. The van der Waals surface area contributed by atoms with E-state index in [1.807, 2.05) is 0 Å². The van der Waals surface area contributed by atoms with Crippen LogP contribution in [-0.4, -0.2) is 18.3 Å². The highest BCUT2D eigenvalue weighted by Gasteiger charge is 2.02. The average Bonchev–Trinajstić information content (AvgIpc) is 1.61. The normalized spacial score (nSPS) is 11.2. The van der Waals surface area contributed by atoms with Gasteiger partial charge >= 0.3 is 0 Å². The molecule has 0 heterocycles. The fourth-order valence-corrected chi connectivity index (χ4v) is 1.41. The summed E-state index contributed by atoms with van der Waals surface area (Å²) in [7, 11) is 0.664. The SMILES string of the molecule is CC(C)CC[S+](C)C. The highest BCUT2D eigenvalue weighted by atomic mass is 32.2. The number of rotatable bonds is 3. The summed E-state index contributed by atoms with van der Waals surface area (Å²) in [6.45, 7) is 4.57. The molecular formula is C7H17S+. The lowest BCUT2D eigenvalue weighted by atomic mass is 10.2. The molecule has 0 fully saturated rings. The second kappa shape index (κ2) is 4.25. The summed E-state index contributed by atoms with van der Waals surface area (Å²) < 4.78 is 0. The first-order chi connectivity index (χ1) is 3.63. The summed E-state index contributed by atoms with van der Waals surface area (Å²) in [5.74, 6) is 2.31. The van der Waals surface area contributed by atoms with Crippen LogP contribution < -0.4 is 0 Å². The number of hydrogen-bond donors (Lipinski definition) is 0. The molecule has 0 radical (unpaired) electrons. The van der Waals surface area contributed by atoms with Gasteiger partial charge in [-0.25, -0.2) is 0 Å². The summed E-state index contributed by atoms with van der Waals surface area (Å²) in [4.78, 5) is 0. The van der Waals surface area contributed by atoms with Gasteiger partial charge in [-0.15, -0.1) is 0 Å². The summed E-state index contributed by atoms with van der Waals surface area (Å²) in [6, 6.07) is 0. The van der Waals surface area contributed by atoms with Gasteiger partial charge in [0.05, 0.1) is 12.5 Å². The van der Waals surface area contributed by atoms with Crippen LogP contribution in [0.4, 0.5) is 0 Å². The quantitative estimate of drug-likeness (QED) is 0.516. The molecule has 0 N–H and O–H groups in total. The Bertz CT molecular complexity index is 40.3. The van der Waals surface area contributed by atoms with E-state index in [9.17, 15) is 0 Å². The van der Waals surface area contributed by atoms with Gasteiger partial charge < -0.3 is 0 Å². The summed E-state index contributed by atoms with van der Waals surface area (Å²) in [5.41, 5.74) is 0. The Kier molecular flexibility index (Phi) is 4.44.